The summed E-state index contributed by atoms with van der Waals surface area (Å²) in [5, 5.41) is 27.6. The summed E-state index contributed by atoms with van der Waals surface area (Å²) in [5.74, 6) is -0.106. The number of hydrogen-bond acceptors (Lipinski definition) is 9. The third-order valence-electron chi connectivity index (χ3n) is 16.6. The molecule has 0 spiro atoms. The number of rotatable bonds is 31. The van der Waals surface area contributed by atoms with E-state index in [1.165, 1.54) is 44.9 Å². The first-order valence-electron chi connectivity index (χ1n) is 29.9. The molecule has 2 N–H and O–H groups in total. The van der Waals surface area contributed by atoms with E-state index in [0.717, 1.165) is 94.8 Å². The van der Waals surface area contributed by atoms with Gasteiger partial charge in [0.25, 0.3) is 0 Å². The van der Waals surface area contributed by atoms with Crippen molar-refractivity contribution >= 4 is 22.6 Å². The van der Waals surface area contributed by atoms with Crippen LogP contribution in [0.3, 0.4) is 0 Å². The van der Waals surface area contributed by atoms with Gasteiger partial charge in [-0.3, -0.25) is 4.90 Å². The van der Waals surface area contributed by atoms with E-state index in [0.29, 0.717) is 30.1 Å². The Morgan fingerprint density at radius 2 is 1.39 bits per heavy atom. The minimum Gasteiger partial charge on any atom is -0.459 e. The third-order valence-corrected chi connectivity index (χ3v) is 16.6. The van der Waals surface area contributed by atoms with E-state index in [9.17, 15) is 10.2 Å². The van der Waals surface area contributed by atoms with Gasteiger partial charge in [-0.2, -0.15) is 0 Å². The molecule has 6 aromatic rings. The molecule has 10 nitrogen and oxygen atoms in total. The molecule has 1 saturated carbocycles. The van der Waals surface area contributed by atoms with Crippen LogP contribution in [0.2, 0.25) is 0 Å². The van der Waals surface area contributed by atoms with Crippen LogP contribution in [0, 0.1) is 17.8 Å². The van der Waals surface area contributed by atoms with E-state index in [1.807, 2.05) is 89.8 Å². The van der Waals surface area contributed by atoms with E-state index >= 15 is 4.79 Å². The SMILES string of the molecule is C=CCOC12Oc3ccc(Oc4ccc(-c5ccccc5)cc4)cc3C3C(CCCCO)C(CCCCO)C=C(C(=NOCc4ccccc4)CC1N(Cc1cccc4ccccc14)C(=O)OCCCCCCCCCCCC)C32. The van der Waals surface area contributed by atoms with Gasteiger partial charge in [0.05, 0.1) is 31.4 Å². The second-order valence-corrected chi connectivity index (χ2v) is 22.1. The van der Waals surface area contributed by atoms with Crippen molar-refractivity contribution in [2.45, 2.75) is 147 Å². The molecule has 0 aromatic heterocycles. The normalized spacial score (nSPS) is 20.5. The van der Waals surface area contributed by atoms with Gasteiger partial charge < -0.3 is 34.0 Å². The molecular formula is C70H84N2O8. The zero-order chi connectivity index (χ0) is 55.4. The topological polar surface area (TPSA) is 119 Å². The maximum absolute atomic E-state index is 15.5. The summed E-state index contributed by atoms with van der Waals surface area (Å²) >= 11 is 0. The zero-order valence-electron chi connectivity index (χ0n) is 47.1. The van der Waals surface area contributed by atoms with Crippen molar-refractivity contribution in [2.24, 2.45) is 22.9 Å². The molecule has 6 atom stereocenters. The van der Waals surface area contributed by atoms with E-state index in [4.69, 9.17) is 28.9 Å². The van der Waals surface area contributed by atoms with Gasteiger partial charge in [-0.05, 0) is 113 Å². The largest absolute Gasteiger partial charge is 0.459 e. The minimum atomic E-state index is -1.47. The average Bonchev–Trinajstić information content (AvgIpc) is 3.48. The Kier molecular flexibility index (Phi) is 21.5. The van der Waals surface area contributed by atoms with Crippen molar-refractivity contribution in [1.29, 1.82) is 0 Å². The Labute approximate surface area is 475 Å². The summed E-state index contributed by atoms with van der Waals surface area (Å²) < 4.78 is 28.2. The van der Waals surface area contributed by atoms with E-state index < -0.39 is 23.8 Å². The first-order valence-corrected chi connectivity index (χ1v) is 29.9. The molecule has 3 aliphatic rings. The summed E-state index contributed by atoms with van der Waals surface area (Å²) in [5.41, 5.74) is 6.86. The highest BCUT2D eigenvalue weighted by Crippen LogP contribution is 2.62. The standard InChI is InChI=1S/C70H84N2O8/c1-3-5-6-7-8-9-10-11-12-25-46-76-69(75)72(50-57-34-26-33-55-31-19-20-35-60(55)57)66-49-64(71-78-51-52-27-15-13-16-28-52)62-47-56(32-21-23-43-73)61(36-22-24-44-74)67-63-48-59(41-42-65(63)80-70(66,68(62)67)77-45-4-2)79-58-39-37-54(38-40-58)53-29-17-14-18-30-53/h4,13-20,26-31,33-35,37-42,47-48,56,61,66-68,73-74H,2-3,5-12,21-25,32,36,43-46,49-51H2,1H3. The van der Waals surface area contributed by atoms with Gasteiger partial charge in [0.1, 0.15) is 29.9 Å². The molecule has 0 saturated heterocycles. The molecule has 80 heavy (non-hydrogen) atoms. The number of oxime groups is 1. The Hall–Kier alpha value is -6.72. The van der Waals surface area contributed by atoms with Crippen LogP contribution >= 0.6 is 0 Å². The summed E-state index contributed by atoms with van der Waals surface area (Å²) in [6.45, 7) is 7.52. The van der Waals surface area contributed by atoms with Crippen molar-refractivity contribution in [3.63, 3.8) is 0 Å². The Bertz CT molecular complexity index is 2940. The number of carbonyl (C=O) groups excluding carboxylic acids is 1. The minimum absolute atomic E-state index is 0.0313. The van der Waals surface area contributed by atoms with Crippen molar-refractivity contribution in [1.82, 2.24) is 4.90 Å². The Morgan fingerprint density at radius 3 is 2.12 bits per heavy atom. The van der Waals surface area contributed by atoms with Crippen molar-refractivity contribution in [3.05, 3.63) is 187 Å². The number of benzene rings is 6. The van der Waals surface area contributed by atoms with Crippen molar-refractivity contribution in [3.8, 4) is 28.4 Å². The molecule has 2 aliphatic carbocycles. The third kappa shape index (κ3) is 14.4. The molecule has 9 rings (SSSR count). The van der Waals surface area contributed by atoms with Gasteiger partial charge in [-0.1, -0.05) is 210 Å². The summed E-state index contributed by atoms with van der Waals surface area (Å²) in [7, 11) is 0. The average molecular weight is 1080 g/mol. The first kappa shape index (κ1) is 58.0. The highest BCUT2D eigenvalue weighted by Gasteiger charge is 2.66. The first-order chi connectivity index (χ1) is 39.4. The lowest BCUT2D eigenvalue weighted by atomic mass is 9.55. The number of hydrogen-bond donors (Lipinski definition) is 2. The van der Waals surface area contributed by atoms with Crippen molar-refractivity contribution < 1.29 is 38.8 Å². The fourth-order valence-electron chi connectivity index (χ4n) is 12.7. The number of ether oxygens (including phenoxy) is 4. The number of carbonyl (C=O) groups is 1. The lowest BCUT2D eigenvalue weighted by Crippen LogP contribution is -2.70. The zero-order valence-corrected chi connectivity index (χ0v) is 47.1. The van der Waals surface area contributed by atoms with Crippen LogP contribution in [0.4, 0.5) is 4.79 Å². The smallest absolute Gasteiger partial charge is 0.410 e. The maximum atomic E-state index is 15.5. The van der Waals surface area contributed by atoms with Gasteiger partial charge in [0.2, 0.25) is 5.79 Å². The van der Waals surface area contributed by atoms with Crippen LogP contribution in [-0.2, 0) is 27.5 Å². The maximum Gasteiger partial charge on any atom is 0.410 e. The van der Waals surface area contributed by atoms with Gasteiger partial charge in [-0.25, -0.2) is 4.79 Å². The molecule has 0 radical (unpaired) electrons. The number of unbranched alkanes of at least 4 members (excludes halogenated alkanes) is 11. The van der Waals surface area contributed by atoms with E-state index in [-0.39, 0.29) is 63.8 Å². The van der Waals surface area contributed by atoms with E-state index in [1.54, 1.807) is 6.08 Å². The fourth-order valence-corrected chi connectivity index (χ4v) is 12.7. The fraction of sp³-hybridized carbons (Fsp3) is 0.429. The molecule has 1 fully saturated rings. The molecule has 6 unspecified atom stereocenters. The predicted molar refractivity (Wildman–Crippen MR) is 321 cm³/mol. The Morgan fingerprint density at radius 1 is 0.725 bits per heavy atom. The van der Waals surface area contributed by atoms with Crippen molar-refractivity contribution in [2.75, 3.05) is 26.4 Å². The number of allylic oxidation sites excluding steroid dienone is 1. The summed E-state index contributed by atoms with van der Waals surface area (Å²) in [6.07, 6.45) is 20.3. The second-order valence-electron chi connectivity index (χ2n) is 22.1. The van der Waals surface area contributed by atoms with Crippen LogP contribution in [0.5, 0.6) is 17.2 Å². The van der Waals surface area contributed by atoms with Gasteiger partial charge in [0.15, 0.2) is 0 Å². The molecule has 6 aromatic carbocycles. The predicted octanol–water partition coefficient (Wildman–Crippen LogP) is 16.7. The Balaban J connectivity index is 1.15. The van der Waals surface area contributed by atoms with Crippen LogP contribution in [-0.4, -0.2) is 65.2 Å². The highest BCUT2D eigenvalue weighted by molar-refractivity contribution is 6.03. The number of amides is 1. The summed E-state index contributed by atoms with van der Waals surface area (Å²) in [4.78, 5) is 23.8. The van der Waals surface area contributed by atoms with Gasteiger partial charge in [-0.15, -0.1) is 6.58 Å². The van der Waals surface area contributed by atoms with Crippen LogP contribution < -0.4 is 9.47 Å². The lowest BCUT2D eigenvalue weighted by molar-refractivity contribution is -0.256. The number of aliphatic hydroxyl groups excluding tert-OH is 2. The van der Waals surface area contributed by atoms with Crippen LogP contribution in [0.15, 0.2) is 175 Å². The highest BCUT2D eigenvalue weighted by atomic mass is 16.7. The molecule has 422 valence electrons. The molecular weight excluding hydrogens is 997 g/mol. The van der Waals surface area contributed by atoms with E-state index in [2.05, 4.69) is 80.2 Å². The number of nitrogens with zero attached hydrogens (tertiary/aromatic N) is 2. The second kappa shape index (κ2) is 29.7. The van der Waals surface area contributed by atoms with Gasteiger partial charge in [0, 0.05) is 31.1 Å². The molecule has 1 heterocycles. The molecule has 1 amide bonds. The lowest BCUT2D eigenvalue weighted by Gasteiger charge is -2.60. The molecule has 1 aliphatic heterocycles. The van der Waals surface area contributed by atoms with Crippen LogP contribution in [0.25, 0.3) is 21.9 Å². The van der Waals surface area contributed by atoms with Gasteiger partial charge >= 0.3 is 6.09 Å². The molecule has 0 bridgehead atoms. The monoisotopic (exact) mass is 1080 g/mol. The van der Waals surface area contributed by atoms with Crippen LogP contribution in [0.1, 0.15) is 139 Å². The molecule has 10 heteroatoms. The number of aliphatic hydroxyl groups is 2. The summed E-state index contributed by atoms with van der Waals surface area (Å²) in [6, 6.07) is 48.4. The quantitative estimate of drug-likeness (QED) is 0.0251. The number of fused-ring (bicyclic) bond motifs is 3.